The first-order chi connectivity index (χ1) is 15.7. The van der Waals surface area contributed by atoms with Crippen molar-refractivity contribution in [3.8, 4) is 11.1 Å². The zero-order chi connectivity index (χ0) is 21.9. The molecule has 32 heavy (non-hydrogen) atoms. The van der Waals surface area contributed by atoms with Gasteiger partial charge < -0.3 is 4.90 Å². The van der Waals surface area contributed by atoms with Crippen LogP contribution in [0.1, 0.15) is 31.4 Å². The number of hydrogen-bond acceptors (Lipinski definition) is 6. The summed E-state index contributed by atoms with van der Waals surface area (Å²) in [4.78, 5) is 40.6. The maximum atomic E-state index is 13.1. The number of carbonyl (C=O) groups is 2. The van der Waals surface area contributed by atoms with Gasteiger partial charge in [-0.25, -0.2) is 9.97 Å². The number of aromatic nitrogens is 3. The fraction of sp³-hybridized carbons (Fsp3) is 0.125. The summed E-state index contributed by atoms with van der Waals surface area (Å²) < 4.78 is 0. The largest absolute Gasteiger partial charge is 0.333 e. The maximum absolute atomic E-state index is 13.1. The van der Waals surface area contributed by atoms with Crippen molar-refractivity contribution in [2.75, 3.05) is 11.9 Å². The van der Waals surface area contributed by atoms with Gasteiger partial charge in [0.15, 0.2) is 5.13 Å². The van der Waals surface area contributed by atoms with Gasteiger partial charge in [-0.1, -0.05) is 53.8 Å². The van der Waals surface area contributed by atoms with Crippen molar-refractivity contribution < 1.29 is 9.59 Å². The van der Waals surface area contributed by atoms with Crippen LogP contribution < -0.4 is 5.32 Å². The molecule has 1 aliphatic rings. The van der Waals surface area contributed by atoms with E-state index >= 15 is 0 Å². The summed E-state index contributed by atoms with van der Waals surface area (Å²) in [6, 6.07) is 17.8. The lowest BCUT2D eigenvalue weighted by molar-refractivity contribution is 0.0736. The van der Waals surface area contributed by atoms with Gasteiger partial charge in [-0.3, -0.25) is 19.9 Å². The minimum absolute atomic E-state index is 0.00573. The summed E-state index contributed by atoms with van der Waals surface area (Å²) in [5.41, 5.74) is 4.02. The Balaban J connectivity index is 1.27. The van der Waals surface area contributed by atoms with Crippen LogP contribution in [0.2, 0.25) is 0 Å². The molecule has 5 rings (SSSR count). The molecule has 3 heterocycles. The van der Waals surface area contributed by atoms with Crippen LogP contribution in [0.3, 0.4) is 0 Å². The van der Waals surface area contributed by atoms with Crippen LogP contribution in [0, 0.1) is 0 Å². The van der Waals surface area contributed by atoms with E-state index in [4.69, 9.17) is 0 Å². The Hall–Kier alpha value is -3.91. The molecule has 1 aliphatic heterocycles. The topological polar surface area (TPSA) is 88.1 Å². The Labute approximate surface area is 188 Å². The summed E-state index contributed by atoms with van der Waals surface area (Å²) in [5.74, 6) is -0.357. The van der Waals surface area contributed by atoms with Crippen LogP contribution in [-0.4, -0.2) is 38.2 Å². The number of hydrogen-bond donors (Lipinski definition) is 1. The Bertz CT molecular complexity index is 1260. The molecule has 0 bridgehead atoms. The predicted molar refractivity (Wildman–Crippen MR) is 122 cm³/mol. The van der Waals surface area contributed by atoms with E-state index < -0.39 is 0 Å². The van der Waals surface area contributed by atoms with Crippen LogP contribution in [0.4, 0.5) is 5.13 Å². The Kier molecular flexibility index (Phi) is 5.43. The van der Waals surface area contributed by atoms with Gasteiger partial charge in [0, 0.05) is 35.8 Å². The van der Waals surface area contributed by atoms with Gasteiger partial charge in [0.1, 0.15) is 5.69 Å². The van der Waals surface area contributed by atoms with Crippen LogP contribution in [0.5, 0.6) is 0 Å². The molecule has 0 fully saturated rings. The number of nitrogens with zero attached hydrogens (tertiary/aromatic N) is 4. The SMILES string of the molecule is O=C(Nc1nc2c(s1)CN(C(=O)c1ccc(-c3ccccc3)cc1)CC2)c1cnccn1. The van der Waals surface area contributed by atoms with Crippen molar-refractivity contribution in [3.05, 3.63) is 95.0 Å². The number of rotatable bonds is 4. The number of thiazole rings is 1. The van der Waals surface area contributed by atoms with Gasteiger partial charge in [-0.2, -0.15) is 0 Å². The molecule has 2 aromatic carbocycles. The second-order valence-corrected chi connectivity index (χ2v) is 8.44. The number of benzene rings is 2. The first-order valence-corrected chi connectivity index (χ1v) is 11.0. The van der Waals surface area contributed by atoms with Crippen LogP contribution in [0.15, 0.2) is 73.2 Å². The maximum Gasteiger partial charge on any atom is 0.277 e. The summed E-state index contributed by atoms with van der Waals surface area (Å²) in [6.45, 7) is 1.07. The van der Waals surface area contributed by atoms with Crippen molar-refractivity contribution in [1.82, 2.24) is 19.9 Å². The first-order valence-electron chi connectivity index (χ1n) is 10.2. The van der Waals surface area contributed by atoms with Gasteiger partial charge in [-0.05, 0) is 23.3 Å². The van der Waals surface area contributed by atoms with Crippen LogP contribution in [0.25, 0.3) is 11.1 Å². The van der Waals surface area contributed by atoms with E-state index in [0.717, 1.165) is 21.7 Å². The molecule has 4 aromatic rings. The van der Waals surface area contributed by atoms with Crippen molar-refractivity contribution in [1.29, 1.82) is 0 Å². The third-order valence-electron chi connectivity index (χ3n) is 5.27. The Morgan fingerprint density at radius 2 is 1.75 bits per heavy atom. The quantitative estimate of drug-likeness (QED) is 0.516. The zero-order valence-corrected chi connectivity index (χ0v) is 17.9. The molecule has 0 unspecified atom stereocenters. The highest BCUT2D eigenvalue weighted by Crippen LogP contribution is 2.29. The van der Waals surface area contributed by atoms with Crippen LogP contribution in [-0.2, 0) is 13.0 Å². The standard InChI is InChI=1S/C24H19N5O2S/c30-22(20-14-25-11-12-26-20)28-24-27-19-10-13-29(15-21(19)32-24)23(31)18-8-6-17(7-9-18)16-4-2-1-3-5-16/h1-9,11-12,14H,10,13,15H2,(H,27,28,30). The summed E-state index contributed by atoms with van der Waals surface area (Å²) in [5, 5.41) is 3.28. The van der Waals surface area contributed by atoms with E-state index in [0.29, 0.717) is 30.2 Å². The molecular weight excluding hydrogens is 422 g/mol. The number of anilines is 1. The molecule has 0 atom stereocenters. The van der Waals surface area contributed by atoms with E-state index in [2.05, 4.69) is 20.3 Å². The number of amides is 2. The van der Waals surface area contributed by atoms with E-state index in [1.807, 2.05) is 59.5 Å². The Morgan fingerprint density at radius 1 is 0.969 bits per heavy atom. The fourth-order valence-corrected chi connectivity index (χ4v) is 4.64. The lowest BCUT2D eigenvalue weighted by Crippen LogP contribution is -2.35. The van der Waals surface area contributed by atoms with Crippen molar-refractivity contribution in [2.24, 2.45) is 0 Å². The van der Waals surface area contributed by atoms with E-state index in [1.54, 1.807) is 0 Å². The summed E-state index contributed by atoms with van der Waals surface area (Å²) >= 11 is 1.39. The zero-order valence-electron chi connectivity index (χ0n) is 17.1. The summed E-state index contributed by atoms with van der Waals surface area (Å²) in [7, 11) is 0. The molecule has 7 nitrogen and oxygen atoms in total. The third kappa shape index (κ3) is 4.13. The minimum atomic E-state index is -0.351. The van der Waals surface area contributed by atoms with E-state index in [-0.39, 0.29) is 17.5 Å². The molecule has 158 valence electrons. The van der Waals surface area contributed by atoms with Gasteiger partial charge in [-0.15, -0.1) is 0 Å². The average Bonchev–Trinajstić information content (AvgIpc) is 3.26. The second-order valence-electron chi connectivity index (χ2n) is 7.35. The van der Waals surface area contributed by atoms with Crippen molar-refractivity contribution >= 4 is 28.3 Å². The lowest BCUT2D eigenvalue weighted by atomic mass is 10.0. The van der Waals surface area contributed by atoms with Gasteiger partial charge in [0.25, 0.3) is 11.8 Å². The van der Waals surface area contributed by atoms with Crippen LogP contribution >= 0.6 is 11.3 Å². The molecule has 8 heteroatoms. The van der Waals surface area contributed by atoms with Crippen molar-refractivity contribution in [2.45, 2.75) is 13.0 Å². The molecule has 0 saturated heterocycles. The molecule has 0 saturated carbocycles. The van der Waals surface area contributed by atoms with Gasteiger partial charge >= 0.3 is 0 Å². The average molecular weight is 442 g/mol. The van der Waals surface area contributed by atoms with Gasteiger partial charge in [0.05, 0.1) is 18.4 Å². The molecule has 0 radical (unpaired) electrons. The molecule has 2 aromatic heterocycles. The monoisotopic (exact) mass is 441 g/mol. The predicted octanol–water partition coefficient (Wildman–Crippen LogP) is 4.05. The number of carbonyl (C=O) groups excluding carboxylic acids is 2. The first kappa shape index (κ1) is 20.0. The molecular formula is C24H19N5O2S. The molecule has 0 aliphatic carbocycles. The highest BCUT2D eigenvalue weighted by atomic mass is 32.1. The normalized spacial score (nSPS) is 12.8. The number of nitrogens with one attached hydrogen (secondary N) is 1. The Morgan fingerprint density at radius 3 is 2.50 bits per heavy atom. The smallest absolute Gasteiger partial charge is 0.277 e. The third-order valence-corrected chi connectivity index (χ3v) is 6.27. The second kappa shape index (κ2) is 8.68. The highest BCUT2D eigenvalue weighted by molar-refractivity contribution is 7.15. The number of fused-ring (bicyclic) bond motifs is 1. The van der Waals surface area contributed by atoms with Gasteiger partial charge in [0.2, 0.25) is 0 Å². The summed E-state index contributed by atoms with van der Waals surface area (Å²) in [6.07, 6.45) is 5.05. The molecule has 0 spiro atoms. The fourth-order valence-electron chi connectivity index (χ4n) is 3.62. The van der Waals surface area contributed by atoms with E-state index in [9.17, 15) is 9.59 Å². The minimum Gasteiger partial charge on any atom is -0.333 e. The molecule has 2 amide bonds. The lowest BCUT2D eigenvalue weighted by Gasteiger charge is -2.26. The van der Waals surface area contributed by atoms with E-state index in [1.165, 1.54) is 29.9 Å². The molecule has 1 N–H and O–H groups in total. The highest BCUT2D eigenvalue weighted by Gasteiger charge is 2.25. The van der Waals surface area contributed by atoms with Crippen molar-refractivity contribution in [3.63, 3.8) is 0 Å².